The van der Waals surface area contributed by atoms with E-state index in [0.717, 1.165) is 36.5 Å². The van der Waals surface area contributed by atoms with Crippen molar-refractivity contribution in [2.75, 3.05) is 13.1 Å². The molecule has 2 bridgehead atoms. The van der Waals surface area contributed by atoms with Crippen molar-refractivity contribution in [1.29, 1.82) is 0 Å². The number of nitrogens with one attached hydrogen (secondary N) is 2. The second-order valence-corrected chi connectivity index (χ2v) is 6.94. The van der Waals surface area contributed by atoms with Crippen LogP contribution in [0.4, 0.5) is 0 Å². The number of fused-ring (bicyclic) bond motifs is 4. The van der Waals surface area contributed by atoms with Crippen molar-refractivity contribution < 1.29 is 4.79 Å². The van der Waals surface area contributed by atoms with E-state index in [1.807, 2.05) is 25.1 Å². The highest BCUT2D eigenvalue weighted by Crippen LogP contribution is 2.38. The van der Waals surface area contributed by atoms with E-state index < -0.39 is 6.04 Å². The summed E-state index contributed by atoms with van der Waals surface area (Å²) in [4.78, 5) is 29.8. The summed E-state index contributed by atoms with van der Waals surface area (Å²) in [5, 5.41) is 6.40. The Morgan fingerprint density at radius 1 is 1.32 bits per heavy atom. The molecule has 0 aliphatic carbocycles. The maximum absolute atomic E-state index is 13.0. The number of nitrogens with zero attached hydrogens (tertiary/aromatic N) is 2. The molecule has 2 N–H and O–H groups in total. The molecule has 0 unspecified atom stereocenters. The minimum Gasteiger partial charge on any atom is -0.349 e. The van der Waals surface area contributed by atoms with E-state index in [1.54, 1.807) is 22.9 Å². The Morgan fingerprint density at radius 2 is 2.20 bits per heavy atom. The average molecular weight is 338 g/mol. The number of carbonyl (C=O) groups excluding carboxylic acids is 1. The molecule has 0 spiro atoms. The van der Waals surface area contributed by atoms with Gasteiger partial charge in [0, 0.05) is 42.9 Å². The Labute approximate surface area is 146 Å². The minimum absolute atomic E-state index is 0.0942. The molecule has 2 aromatic rings. The number of amides is 1. The Morgan fingerprint density at radius 3 is 3.04 bits per heavy atom. The number of hydrogen-bond acceptors (Lipinski definition) is 4. The number of carbonyl (C=O) groups is 1. The molecular formula is C19H22N4O2. The van der Waals surface area contributed by atoms with Crippen LogP contribution >= 0.6 is 0 Å². The second-order valence-electron chi connectivity index (χ2n) is 6.94. The number of pyridine rings is 2. The number of aromatic nitrogens is 2. The zero-order valence-corrected chi connectivity index (χ0v) is 14.2. The first-order valence-corrected chi connectivity index (χ1v) is 8.75. The fourth-order valence-electron chi connectivity index (χ4n) is 4.11. The summed E-state index contributed by atoms with van der Waals surface area (Å²) >= 11 is 0. The molecule has 1 saturated heterocycles. The molecule has 2 aliphatic heterocycles. The molecule has 6 heteroatoms. The van der Waals surface area contributed by atoms with Crippen LogP contribution < -0.4 is 16.2 Å². The van der Waals surface area contributed by atoms with Crippen molar-refractivity contribution in [3.8, 4) is 0 Å². The van der Waals surface area contributed by atoms with E-state index in [0.29, 0.717) is 12.5 Å². The third-order valence-electron chi connectivity index (χ3n) is 5.37. The molecule has 6 nitrogen and oxygen atoms in total. The lowest BCUT2D eigenvalue weighted by Gasteiger charge is -2.42. The molecule has 3 atom stereocenters. The molecule has 1 fully saturated rings. The average Bonchev–Trinajstić information content (AvgIpc) is 2.62. The largest absolute Gasteiger partial charge is 0.349 e. The zero-order chi connectivity index (χ0) is 17.4. The van der Waals surface area contributed by atoms with E-state index in [2.05, 4.69) is 15.6 Å². The highest BCUT2D eigenvalue weighted by molar-refractivity contribution is 5.81. The highest BCUT2D eigenvalue weighted by atomic mass is 16.2. The second kappa shape index (κ2) is 6.44. The van der Waals surface area contributed by atoms with Crippen LogP contribution in [0.15, 0.2) is 41.3 Å². The predicted octanol–water partition coefficient (Wildman–Crippen LogP) is 1.12. The molecule has 0 radical (unpaired) electrons. The summed E-state index contributed by atoms with van der Waals surface area (Å²) in [5.74, 6) is 0.331. The first-order valence-electron chi connectivity index (χ1n) is 8.75. The fourth-order valence-corrected chi connectivity index (χ4v) is 4.11. The number of aryl methyl sites for hydroxylation is 1. The van der Waals surface area contributed by atoms with Crippen LogP contribution in [-0.2, 0) is 11.3 Å². The Bertz CT molecular complexity index is 860. The van der Waals surface area contributed by atoms with Gasteiger partial charge < -0.3 is 10.6 Å². The first kappa shape index (κ1) is 16.0. The van der Waals surface area contributed by atoms with Crippen LogP contribution in [0.1, 0.15) is 35.3 Å². The van der Waals surface area contributed by atoms with Gasteiger partial charge in [0.15, 0.2) is 0 Å². The Kier molecular flexibility index (Phi) is 4.13. The lowest BCUT2D eigenvalue weighted by Crippen LogP contribution is -2.52. The van der Waals surface area contributed by atoms with Gasteiger partial charge in [0.25, 0.3) is 5.56 Å². The highest BCUT2D eigenvalue weighted by Gasteiger charge is 2.41. The third-order valence-corrected chi connectivity index (χ3v) is 5.37. The van der Waals surface area contributed by atoms with Crippen molar-refractivity contribution in [2.24, 2.45) is 5.92 Å². The van der Waals surface area contributed by atoms with Crippen LogP contribution in [0.5, 0.6) is 0 Å². The Balaban J connectivity index is 1.63. The van der Waals surface area contributed by atoms with Crippen molar-refractivity contribution in [2.45, 2.75) is 31.8 Å². The molecule has 4 rings (SSSR count). The quantitative estimate of drug-likeness (QED) is 0.879. The molecule has 2 aromatic heterocycles. The molecule has 0 saturated carbocycles. The van der Waals surface area contributed by atoms with Crippen LogP contribution in [0.3, 0.4) is 0 Å². The van der Waals surface area contributed by atoms with E-state index in [4.69, 9.17) is 0 Å². The van der Waals surface area contributed by atoms with Crippen LogP contribution in [0, 0.1) is 12.8 Å². The van der Waals surface area contributed by atoms with Gasteiger partial charge in [0.2, 0.25) is 5.91 Å². The van der Waals surface area contributed by atoms with Gasteiger partial charge in [-0.1, -0.05) is 12.1 Å². The summed E-state index contributed by atoms with van der Waals surface area (Å²) in [6.45, 7) is 3.98. The summed E-state index contributed by atoms with van der Waals surface area (Å²) in [6.07, 6.45) is 2.67. The molecule has 0 aromatic carbocycles. The minimum atomic E-state index is -0.461. The van der Waals surface area contributed by atoms with Gasteiger partial charge in [-0.15, -0.1) is 0 Å². The van der Waals surface area contributed by atoms with Gasteiger partial charge in [0.1, 0.15) is 6.04 Å². The molecule has 25 heavy (non-hydrogen) atoms. The maximum atomic E-state index is 13.0. The van der Waals surface area contributed by atoms with Gasteiger partial charge in [0.05, 0.1) is 12.2 Å². The summed E-state index contributed by atoms with van der Waals surface area (Å²) in [7, 11) is 0. The van der Waals surface area contributed by atoms with Gasteiger partial charge in [-0.2, -0.15) is 0 Å². The summed E-state index contributed by atoms with van der Waals surface area (Å²) in [5.41, 5.74) is 2.77. The molecular weight excluding hydrogens is 316 g/mol. The molecule has 2 aliphatic rings. The first-order chi connectivity index (χ1) is 12.1. The standard InChI is InChI=1S/C19H22N4O2/c1-12-4-3-7-21-15(12)11-22-19(25)18-14-8-13(9-20-10-14)16-5-2-6-17(24)23(16)18/h2-7,13-14,18,20H,8-11H2,1H3,(H,22,25)/t13-,14+,18-/m1/s1. The normalized spacial score (nSPS) is 24.4. The van der Waals surface area contributed by atoms with E-state index >= 15 is 0 Å². The van der Waals surface area contributed by atoms with E-state index in [1.165, 1.54) is 0 Å². The third kappa shape index (κ3) is 2.87. The molecule has 130 valence electrons. The molecule has 1 amide bonds. The smallest absolute Gasteiger partial charge is 0.251 e. The SMILES string of the molecule is Cc1cccnc1CNC(=O)[C@H]1[C@@H]2CNC[C@@H](C2)c2cccc(=O)n21. The maximum Gasteiger partial charge on any atom is 0.251 e. The van der Waals surface area contributed by atoms with Crippen LogP contribution in [-0.4, -0.2) is 28.5 Å². The van der Waals surface area contributed by atoms with Crippen molar-refractivity contribution in [1.82, 2.24) is 20.2 Å². The van der Waals surface area contributed by atoms with Crippen molar-refractivity contribution in [3.63, 3.8) is 0 Å². The zero-order valence-electron chi connectivity index (χ0n) is 14.2. The van der Waals surface area contributed by atoms with Gasteiger partial charge in [-0.25, -0.2) is 0 Å². The van der Waals surface area contributed by atoms with Crippen molar-refractivity contribution in [3.05, 3.63) is 63.8 Å². The van der Waals surface area contributed by atoms with Gasteiger partial charge in [-0.3, -0.25) is 19.1 Å². The number of rotatable bonds is 3. The summed E-state index contributed by atoms with van der Waals surface area (Å²) < 4.78 is 1.71. The van der Waals surface area contributed by atoms with Crippen LogP contribution in [0.2, 0.25) is 0 Å². The topological polar surface area (TPSA) is 76.0 Å². The van der Waals surface area contributed by atoms with Gasteiger partial charge >= 0.3 is 0 Å². The van der Waals surface area contributed by atoms with E-state index in [9.17, 15) is 9.59 Å². The Hall–Kier alpha value is -2.47. The van der Waals surface area contributed by atoms with Crippen LogP contribution in [0.25, 0.3) is 0 Å². The lowest BCUT2D eigenvalue weighted by atomic mass is 9.79. The number of piperidine rings is 1. The monoisotopic (exact) mass is 338 g/mol. The predicted molar refractivity (Wildman–Crippen MR) is 94.3 cm³/mol. The van der Waals surface area contributed by atoms with Gasteiger partial charge in [-0.05, 0) is 31.0 Å². The number of hydrogen-bond donors (Lipinski definition) is 2. The van der Waals surface area contributed by atoms with E-state index in [-0.39, 0.29) is 17.4 Å². The molecule has 4 heterocycles. The summed E-state index contributed by atoms with van der Waals surface area (Å²) in [6, 6.07) is 8.70. The van der Waals surface area contributed by atoms with Crippen molar-refractivity contribution >= 4 is 5.91 Å². The fraction of sp³-hybridized carbons (Fsp3) is 0.421. The lowest BCUT2D eigenvalue weighted by molar-refractivity contribution is -0.127.